The summed E-state index contributed by atoms with van der Waals surface area (Å²) >= 11 is 1.56. The molecular formula is C52H62N14O7S. The Hall–Kier alpha value is -7.46. The van der Waals surface area contributed by atoms with Gasteiger partial charge >= 0.3 is 0 Å². The first kappa shape index (κ1) is 51.4. The fourth-order valence-corrected chi connectivity index (χ4v) is 10.9. The van der Waals surface area contributed by atoms with Crippen molar-refractivity contribution in [2.45, 2.75) is 117 Å². The highest BCUT2D eigenvalue weighted by atomic mass is 32.1. The van der Waals surface area contributed by atoms with E-state index in [1.54, 1.807) is 45.6 Å². The number of thiazole rings is 1. The number of aliphatic hydroxyl groups excluding tert-OH is 1. The molecule has 2 saturated heterocycles. The fourth-order valence-electron chi connectivity index (χ4n) is 10.1. The molecule has 0 unspecified atom stereocenters. The van der Waals surface area contributed by atoms with E-state index in [4.69, 9.17) is 4.98 Å². The average molecular weight is 1030 g/mol. The Morgan fingerprint density at radius 3 is 2.34 bits per heavy atom. The third-order valence-corrected chi connectivity index (χ3v) is 15.2. The number of aryl methyl sites for hydroxylation is 3. The number of rotatable bonds is 15. The van der Waals surface area contributed by atoms with Gasteiger partial charge in [-0.25, -0.2) is 15.0 Å². The quantitative estimate of drug-likeness (QED) is 0.101. The Morgan fingerprint density at radius 2 is 1.68 bits per heavy atom. The number of aromatic nitrogens is 8. The summed E-state index contributed by atoms with van der Waals surface area (Å²) in [6.45, 7) is 12.8. The van der Waals surface area contributed by atoms with Crippen LogP contribution in [-0.4, -0.2) is 135 Å². The molecule has 21 nitrogen and oxygen atoms in total. The molecule has 9 rings (SSSR count). The van der Waals surface area contributed by atoms with E-state index >= 15 is 0 Å². The van der Waals surface area contributed by atoms with Crippen LogP contribution in [0.5, 0.6) is 0 Å². The van der Waals surface area contributed by atoms with Crippen molar-refractivity contribution >= 4 is 69.2 Å². The lowest BCUT2D eigenvalue weighted by molar-refractivity contribution is -0.144. The molecule has 7 heterocycles. The maximum absolute atomic E-state index is 14.1. The Kier molecular flexibility index (Phi) is 15.0. The van der Waals surface area contributed by atoms with Crippen LogP contribution < -0.4 is 26.4 Å². The number of pyridine rings is 2. The molecule has 0 spiro atoms. The molecule has 4 amide bonds. The van der Waals surface area contributed by atoms with Crippen molar-refractivity contribution in [1.29, 1.82) is 0 Å². The summed E-state index contributed by atoms with van der Waals surface area (Å²) in [5.41, 5.74) is 5.88. The Labute approximate surface area is 431 Å². The molecule has 1 aliphatic carbocycles. The molecule has 0 radical (unpaired) electrons. The first-order valence-electron chi connectivity index (χ1n) is 25.1. The first-order chi connectivity index (χ1) is 35.4. The highest BCUT2D eigenvalue weighted by molar-refractivity contribution is 7.13. The van der Waals surface area contributed by atoms with E-state index < -0.39 is 41.3 Å². The summed E-state index contributed by atoms with van der Waals surface area (Å²) < 4.78 is 3.10. The van der Waals surface area contributed by atoms with Gasteiger partial charge in [0, 0.05) is 69.7 Å². The minimum atomic E-state index is -1.00. The highest BCUT2D eigenvalue weighted by Crippen LogP contribution is 2.33. The second kappa shape index (κ2) is 21.6. The molecule has 1 saturated carbocycles. The molecule has 3 atom stereocenters. The normalized spacial score (nSPS) is 17.7. The second-order valence-corrected chi connectivity index (χ2v) is 21.3. The van der Waals surface area contributed by atoms with Crippen LogP contribution in [0.15, 0.2) is 65.3 Å². The van der Waals surface area contributed by atoms with Gasteiger partial charge < -0.3 is 35.8 Å². The second-order valence-electron chi connectivity index (χ2n) is 20.5. The highest BCUT2D eigenvalue weighted by Gasteiger charge is 2.44. The fraction of sp³-hybridized carbons (Fsp3) is 0.462. The molecule has 388 valence electrons. The monoisotopic (exact) mass is 1030 g/mol. The molecule has 3 fully saturated rings. The van der Waals surface area contributed by atoms with Crippen molar-refractivity contribution < 1.29 is 29.1 Å². The van der Waals surface area contributed by atoms with E-state index in [1.165, 1.54) is 22.7 Å². The number of nitrogens with one attached hydrogen (secondary N) is 3. The number of hydrogen-bond donors (Lipinski definition) is 4. The van der Waals surface area contributed by atoms with Crippen molar-refractivity contribution in [3.8, 4) is 10.4 Å². The number of fused-ring (bicyclic) bond motifs is 1. The van der Waals surface area contributed by atoms with Crippen LogP contribution in [-0.2, 0) is 27.5 Å². The minimum absolute atomic E-state index is 0.0360. The van der Waals surface area contributed by atoms with Crippen molar-refractivity contribution in [3.63, 3.8) is 0 Å². The number of likely N-dealkylation sites (tertiary alicyclic amines) is 1. The van der Waals surface area contributed by atoms with Gasteiger partial charge in [-0.05, 0) is 67.9 Å². The predicted molar refractivity (Wildman–Crippen MR) is 278 cm³/mol. The van der Waals surface area contributed by atoms with Crippen LogP contribution in [0.3, 0.4) is 0 Å². The summed E-state index contributed by atoms with van der Waals surface area (Å²) in [4.78, 5) is 105. The van der Waals surface area contributed by atoms with Gasteiger partial charge in [0.15, 0.2) is 11.5 Å². The lowest BCUT2D eigenvalue weighted by Crippen LogP contribution is -2.57. The molecule has 74 heavy (non-hydrogen) atoms. The van der Waals surface area contributed by atoms with Crippen molar-refractivity contribution in [3.05, 3.63) is 98.9 Å². The third kappa shape index (κ3) is 11.1. The number of β-amino-alcohol motifs (C(OH)–C–C–N with tert-alkyl or cyclic N) is 1. The predicted octanol–water partition coefficient (Wildman–Crippen LogP) is 4.74. The zero-order valence-corrected chi connectivity index (χ0v) is 43.3. The minimum Gasteiger partial charge on any atom is -0.391 e. The van der Waals surface area contributed by atoms with Crippen LogP contribution >= 0.6 is 11.3 Å². The SMILES string of the molecule is CC(=O)c1c(C)c2cnc(Nc3ccc(N4CCN(C(=O)c5cn(CCC(=O)N[C@H](C(=O)N6C[C@H](O)C[C@H]6C(=O)NCc6ccc(-c7scnc7C)cc6)C(C)(C)C)nn5)CC4)cn3)nc2n(C2CCCC2)c1=O. The zero-order valence-electron chi connectivity index (χ0n) is 42.5. The van der Waals surface area contributed by atoms with E-state index in [9.17, 15) is 33.9 Å². The number of nitrogens with zero attached hydrogens (tertiary/aromatic N) is 11. The molecule has 1 aromatic carbocycles. The van der Waals surface area contributed by atoms with Gasteiger partial charge in [0.05, 0.1) is 52.4 Å². The molecule has 0 bridgehead atoms. The Balaban J connectivity index is 0.751. The summed E-state index contributed by atoms with van der Waals surface area (Å²) in [7, 11) is 0. The third-order valence-electron chi connectivity index (χ3n) is 14.2. The first-order valence-corrected chi connectivity index (χ1v) is 26.0. The maximum Gasteiger partial charge on any atom is 0.276 e. The lowest BCUT2D eigenvalue weighted by atomic mass is 9.85. The van der Waals surface area contributed by atoms with E-state index in [1.807, 2.05) is 64.1 Å². The van der Waals surface area contributed by atoms with Crippen LogP contribution in [0.25, 0.3) is 21.5 Å². The van der Waals surface area contributed by atoms with Gasteiger partial charge in [0.25, 0.3) is 11.5 Å². The van der Waals surface area contributed by atoms with Gasteiger partial charge in [-0.2, -0.15) is 4.98 Å². The number of carbonyl (C=O) groups excluding carboxylic acids is 5. The topological polar surface area (TPSA) is 256 Å². The molecule has 6 aromatic rings. The van der Waals surface area contributed by atoms with Crippen molar-refractivity contribution in [2.75, 3.05) is 42.9 Å². The summed E-state index contributed by atoms with van der Waals surface area (Å²) in [6, 6.07) is 9.62. The molecule has 3 aliphatic rings. The number of piperazine rings is 1. The smallest absolute Gasteiger partial charge is 0.276 e. The van der Waals surface area contributed by atoms with Gasteiger partial charge in [0.1, 0.15) is 23.5 Å². The van der Waals surface area contributed by atoms with Crippen LogP contribution in [0.1, 0.15) is 110 Å². The Morgan fingerprint density at radius 1 is 0.932 bits per heavy atom. The van der Waals surface area contributed by atoms with E-state index in [-0.39, 0.29) is 73.0 Å². The number of hydrogen-bond acceptors (Lipinski definition) is 16. The van der Waals surface area contributed by atoms with Gasteiger partial charge in [-0.1, -0.05) is 63.1 Å². The number of aliphatic hydroxyl groups is 1. The number of Topliss-reactive ketones (excluding diaryl/α,β-unsaturated/α-hetero) is 1. The van der Waals surface area contributed by atoms with Crippen molar-refractivity contribution in [1.82, 2.24) is 59.9 Å². The Bertz CT molecular complexity index is 3130. The van der Waals surface area contributed by atoms with Crippen LogP contribution in [0.2, 0.25) is 0 Å². The molecule has 4 N–H and O–H groups in total. The van der Waals surface area contributed by atoms with E-state index in [0.29, 0.717) is 48.6 Å². The number of ketones is 1. The number of amides is 4. The number of carbonyl (C=O) groups is 5. The molecular weight excluding hydrogens is 965 g/mol. The van der Waals surface area contributed by atoms with Crippen LogP contribution in [0.4, 0.5) is 17.5 Å². The van der Waals surface area contributed by atoms with Gasteiger partial charge in [0.2, 0.25) is 23.7 Å². The molecule has 2 aliphatic heterocycles. The van der Waals surface area contributed by atoms with E-state index in [2.05, 4.69) is 46.1 Å². The number of anilines is 3. The lowest BCUT2D eigenvalue weighted by Gasteiger charge is -2.35. The maximum atomic E-state index is 14.1. The van der Waals surface area contributed by atoms with Crippen molar-refractivity contribution in [2.24, 2.45) is 5.41 Å². The molecule has 22 heteroatoms. The van der Waals surface area contributed by atoms with Crippen LogP contribution in [0, 0.1) is 19.3 Å². The summed E-state index contributed by atoms with van der Waals surface area (Å²) in [6.07, 6.45) is 7.70. The standard InChI is InChI=1S/C52H62N14O7S/c1-30-38-26-55-51(59-46(38)66(35-9-7-8-10-35)49(72)43(30)32(3)67)57-41-16-15-36(25-53-41)62-19-21-63(22-20-62)48(71)39-28-64(61-60-39)18-17-42(69)58-45(52(4,5)6)50(73)65-27-37(68)23-40(65)47(70)54-24-33-11-13-34(14-12-33)44-31(2)56-29-74-44/h11-16,25-26,28-29,35,37,40,45,68H,7-10,17-24,27H2,1-6H3,(H,54,70)(H,58,69)(H,53,55,57,59)/t37-,40+,45-/m1/s1. The van der Waals surface area contributed by atoms with Gasteiger partial charge in [-0.15, -0.1) is 16.4 Å². The zero-order chi connectivity index (χ0) is 52.4. The number of benzene rings is 1. The molecule has 5 aromatic heterocycles. The van der Waals surface area contributed by atoms with E-state index in [0.717, 1.165) is 53.1 Å². The summed E-state index contributed by atoms with van der Waals surface area (Å²) in [5.74, 6) is -1.06. The van der Waals surface area contributed by atoms with Gasteiger partial charge in [-0.3, -0.25) is 38.0 Å². The summed E-state index contributed by atoms with van der Waals surface area (Å²) in [5, 5.41) is 28.5. The average Bonchev–Trinajstić information content (AvgIpc) is 4.23. The largest absolute Gasteiger partial charge is 0.391 e.